The Bertz CT molecular complexity index is 576. The first kappa shape index (κ1) is 17.3. The van der Waals surface area contributed by atoms with Crippen molar-refractivity contribution in [3.63, 3.8) is 0 Å². The zero-order valence-electron chi connectivity index (χ0n) is 15.0. The van der Waals surface area contributed by atoms with Crippen LogP contribution in [0, 0.1) is 17.3 Å². The van der Waals surface area contributed by atoms with Crippen LogP contribution in [0.5, 0.6) is 0 Å². The molecular weight excluding hydrogens is 324 g/mol. The molecule has 2 aliphatic heterocycles. The van der Waals surface area contributed by atoms with E-state index in [0.717, 1.165) is 32.1 Å². The van der Waals surface area contributed by atoms with Crippen LogP contribution in [0.25, 0.3) is 0 Å². The van der Waals surface area contributed by atoms with Crippen LogP contribution < -0.4 is 0 Å². The van der Waals surface area contributed by atoms with Gasteiger partial charge in [0.05, 0.1) is 11.5 Å². The molecule has 140 valence electrons. The molecule has 1 N–H and O–H groups in total. The van der Waals surface area contributed by atoms with Gasteiger partial charge in [-0.2, -0.15) is 0 Å². The number of hydrogen-bond acceptors (Lipinski definition) is 6. The lowest BCUT2D eigenvalue weighted by Crippen LogP contribution is -2.43. The minimum atomic E-state index is -1.05. The van der Waals surface area contributed by atoms with Crippen LogP contribution in [0.1, 0.15) is 58.8 Å². The van der Waals surface area contributed by atoms with E-state index in [0.29, 0.717) is 17.8 Å². The molecule has 0 amide bonds. The van der Waals surface area contributed by atoms with E-state index in [4.69, 9.17) is 14.2 Å². The number of ether oxygens (including phenoxy) is 3. The molecule has 7 unspecified atom stereocenters. The van der Waals surface area contributed by atoms with Crippen LogP contribution in [0.15, 0.2) is 0 Å². The first-order chi connectivity index (χ1) is 11.8. The van der Waals surface area contributed by atoms with Crippen molar-refractivity contribution in [2.75, 3.05) is 6.61 Å². The van der Waals surface area contributed by atoms with Crippen molar-refractivity contribution in [1.29, 1.82) is 0 Å². The van der Waals surface area contributed by atoms with E-state index >= 15 is 0 Å². The maximum atomic E-state index is 12.3. The number of carbonyl (C=O) groups is 2. The lowest BCUT2D eigenvalue weighted by molar-refractivity contribution is -0.165. The number of aliphatic hydroxyl groups excluding tert-OH is 1. The van der Waals surface area contributed by atoms with E-state index in [1.807, 2.05) is 6.92 Å². The Morgan fingerprint density at radius 1 is 1.40 bits per heavy atom. The standard InChI is InChI=1S/C19H28O6/c1-18-7-5-11(8-12(18)9-18)17(22)23-10-13(20)15-16-19(2,25-16)6-3-4-14(21)24-15/h11-13,15-16,20H,3-10H2,1-2H3. The summed E-state index contributed by atoms with van der Waals surface area (Å²) < 4.78 is 16.4. The third-order valence-corrected chi connectivity index (χ3v) is 6.84. The summed E-state index contributed by atoms with van der Waals surface area (Å²) >= 11 is 0. The summed E-state index contributed by atoms with van der Waals surface area (Å²) in [6.45, 7) is 4.11. The second kappa shape index (κ2) is 5.95. The zero-order chi connectivity index (χ0) is 17.8. The van der Waals surface area contributed by atoms with Crippen LogP contribution in [-0.2, 0) is 23.8 Å². The Balaban J connectivity index is 1.30. The Kier molecular flexibility index (Phi) is 4.11. The third kappa shape index (κ3) is 3.31. The van der Waals surface area contributed by atoms with Gasteiger partial charge in [-0.1, -0.05) is 6.92 Å². The highest BCUT2D eigenvalue weighted by molar-refractivity contribution is 5.73. The molecule has 0 aromatic carbocycles. The molecule has 2 saturated carbocycles. The molecule has 0 spiro atoms. The van der Waals surface area contributed by atoms with Gasteiger partial charge in [0, 0.05) is 6.42 Å². The molecule has 6 nitrogen and oxygen atoms in total. The summed E-state index contributed by atoms with van der Waals surface area (Å²) in [6.07, 6.45) is 3.77. The smallest absolute Gasteiger partial charge is 0.309 e. The highest BCUT2D eigenvalue weighted by atomic mass is 16.7. The first-order valence-corrected chi connectivity index (χ1v) is 9.53. The number of carbonyl (C=O) groups excluding carboxylic acids is 2. The van der Waals surface area contributed by atoms with Crippen molar-refractivity contribution in [3.8, 4) is 0 Å². The molecule has 0 aromatic rings. The van der Waals surface area contributed by atoms with Crippen LogP contribution >= 0.6 is 0 Å². The van der Waals surface area contributed by atoms with Gasteiger partial charge >= 0.3 is 11.9 Å². The highest BCUT2D eigenvalue weighted by Crippen LogP contribution is 2.62. The normalized spacial score (nSPS) is 46.6. The van der Waals surface area contributed by atoms with Gasteiger partial charge < -0.3 is 19.3 Å². The largest absolute Gasteiger partial charge is 0.463 e. The second-order valence-corrected chi connectivity index (χ2v) is 8.88. The van der Waals surface area contributed by atoms with Gasteiger partial charge in [-0.25, -0.2) is 0 Å². The van der Waals surface area contributed by atoms with E-state index in [1.165, 1.54) is 6.42 Å². The van der Waals surface area contributed by atoms with Crippen molar-refractivity contribution >= 4 is 11.9 Å². The SMILES string of the molecule is CC12CCC(C(=O)OCC(O)C3OC(=O)CCCC4(C)OC34)CC1C2. The van der Waals surface area contributed by atoms with Gasteiger partial charge in [-0.05, 0) is 56.8 Å². The Hall–Kier alpha value is -1.14. The van der Waals surface area contributed by atoms with Gasteiger partial charge in [-0.15, -0.1) is 0 Å². The molecule has 25 heavy (non-hydrogen) atoms. The molecule has 2 aliphatic carbocycles. The average molecular weight is 352 g/mol. The Labute approximate surface area is 148 Å². The van der Waals surface area contributed by atoms with Gasteiger partial charge in [-0.3, -0.25) is 9.59 Å². The summed E-state index contributed by atoms with van der Waals surface area (Å²) in [5.74, 6) is 0.0313. The molecule has 0 radical (unpaired) electrons. The van der Waals surface area contributed by atoms with Crippen molar-refractivity contribution in [1.82, 2.24) is 0 Å². The number of cyclic esters (lactones) is 1. The summed E-state index contributed by atoms with van der Waals surface area (Å²) in [5.41, 5.74) is 0.118. The molecule has 7 atom stereocenters. The fourth-order valence-electron chi connectivity index (χ4n) is 4.75. The van der Waals surface area contributed by atoms with Gasteiger partial charge in [0.1, 0.15) is 18.8 Å². The van der Waals surface area contributed by atoms with E-state index < -0.39 is 12.2 Å². The Morgan fingerprint density at radius 2 is 2.20 bits per heavy atom. The minimum absolute atomic E-state index is 0.0601. The van der Waals surface area contributed by atoms with Gasteiger partial charge in [0.2, 0.25) is 0 Å². The van der Waals surface area contributed by atoms with E-state index in [1.54, 1.807) is 0 Å². The first-order valence-electron chi connectivity index (χ1n) is 9.53. The molecule has 2 saturated heterocycles. The molecular formula is C19H28O6. The quantitative estimate of drug-likeness (QED) is 0.615. The van der Waals surface area contributed by atoms with E-state index in [2.05, 4.69) is 6.92 Å². The molecule has 4 rings (SSSR count). The monoisotopic (exact) mass is 352 g/mol. The van der Waals surface area contributed by atoms with E-state index in [-0.39, 0.29) is 36.2 Å². The zero-order valence-corrected chi connectivity index (χ0v) is 15.0. The van der Waals surface area contributed by atoms with Crippen LogP contribution in [0.2, 0.25) is 0 Å². The second-order valence-electron chi connectivity index (χ2n) is 8.88. The number of hydrogen-bond donors (Lipinski definition) is 1. The molecule has 0 aromatic heterocycles. The van der Waals surface area contributed by atoms with Crippen molar-refractivity contribution in [2.24, 2.45) is 17.3 Å². The molecule has 4 fully saturated rings. The summed E-state index contributed by atoms with van der Waals surface area (Å²) in [7, 11) is 0. The summed E-state index contributed by atoms with van der Waals surface area (Å²) in [6, 6.07) is 0. The number of aliphatic hydroxyl groups is 1. The molecule has 6 heteroatoms. The predicted molar refractivity (Wildman–Crippen MR) is 87.5 cm³/mol. The average Bonchev–Trinajstić information content (AvgIpc) is 3.42. The van der Waals surface area contributed by atoms with Crippen LogP contribution in [0.3, 0.4) is 0 Å². The lowest BCUT2D eigenvalue weighted by atomic mass is 9.83. The summed E-state index contributed by atoms with van der Waals surface area (Å²) in [4.78, 5) is 24.1. The third-order valence-electron chi connectivity index (χ3n) is 6.84. The maximum Gasteiger partial charge on any atom is 0.309 e. The van der Waals surface area contributed by atoms with Crippen molar-refractivity contribution in [2.45, 2.75) is 82.7 Å². The number of esters is 2. The minimum Gasteiger partial charge on any atom is -0.463 e. The highest BCUT2D eigenvalue weighted by Gasteiger charge is 2.60. The maximum absolute atomic E-state index is 12.3. The van der Waals surface area contributed by atoms with Gasteiger partial charge in [0.15, 0.2) is 6.10 Å². The van der Waals surface area contributed by atoms with Crippen LogP contribution in [-0.4, -0.2) is 47.6 Å². The number of fused-ring (bicyclic) bond motifs is 2. The molecule has 0 bridgehead atoms. The van der Waals surface area contributed by atoms with Crippen molar-refractivity contribution < 1.29 is 28.9 Å². The number of epoxide rings is 1. The van der Waals surface area contributed by atoms with Gasteiger partial charge in [0.25, 0.3) is 0 Å². The fourth-order valence-corrected chi connectivity index (χ4v) is 4.75. The predicted octanol–water partition coefficient (Wildman–Crippen LogP) is 1.97. The lowest BCUT2D eigenvalue weighted by Gasteiger charge is -2.27. The number of rotatable bonds is 4. The molecule has 2 heterocycles. The van der Waals surface area contributed by atoms with Crippen LogP contribution in [0.4, 0.5) is 0 Å². The fraction of sp³-hybridized carbons (Fsp3) is 0.895. The molecule has 4 aliphatic rings. The van der Waals surface area contributed by atoms with Crippen molar-refractivity contribution in [3.05, 3.63) is 0 Å². The Morgan fingerprint density at radius 3 is 2.96 bits per heavy atom. The van der Waals surface area contributed by atoms with E-state index in [9.17, 15) is 14.7 Å². The topological polar surface area (TPSA) is 85.4 Å². The summed E-state index contributed by atoms with van der Waals surface area (Å²) in [5, 5.41) is 10.4.